The van der Waals surface area contributed by atoms with E-state index < -0.39 is 0 Å². The van der Waals surface area contributed by atoms with Gasteiger partial charge >= 0.3 is 0 Å². The van der Waals surface area contributed by atoms with Crippen molar-refractivity contribution in [2.45, 2.75) is 26.3 Å². The number of aryl methyl sites for hydroxylation is 2. The average molecular weight is 270 g/mol. The third-order valence-electron chi connectivity index (χ3n) is 3.84. The molecule has 0 saturated heterocycles. The van der Waals surface area contributed by atoms with E-state index in [1.54, 1.807) is 6.07 Å². The van der Waals surface area contributed by atoms with Gasteiger partial charge in [0.25, 0.3) is 0 Å². The van der Waals surface area contributed by atoms with Gasteiger partial charge in [0.05, 0.1) is 0 Å². The lowest BCUT2D eigenvalue weighted by Crippen LogP contribution is -2.24. The maximum absolute atomic E-state index is 13.7. The number of nitrogens with two attached hydrogens (primary N) is 1. The first-order valence-electron chi connectivity index (χ1n) is 7.04. The Morgan fingerprint density at radius 3 is 2.85 bits per heavy atom. The minimum Gasteiger partial charge on any atom is -0.341 e. The van der Waals surface area contributed by atoms with Gasteiger partial charge in [0, 0.05) is 24.5 Å². The summed E-state index contributed by atoms with van der Waals surface area (Å²) in [6, 6.07) is 11.6. The quantitative estimate of drug-likeness (QED) is 0.902. The summed E-state index contributed by atoms with van der Waals surface area (Å²) in [6.07, 6.45) is 2.18. The second-order valence-electron chi connectivity index (χ2n) is 5.41. The molecular weight excluding hydrogens is 251 g/mol. The lowest BCUT2D eigenvalue weighted by molar-refractivity contribution is 0.624. The molecule has 1 aliphatic heterocycles. The summed E-state index contributed by atoms with van der Waals surface area (Å²) in [6.45, 7) is 3.39. The summed E-state index contributed by atoms with van der Waals surface area (Å²) in [7, 11) is 0. The number of nitrogens with zero attached hydrogens (tertiary/aromatic N) is 1. The second kappa shape index (κ2) is 5.25. The van der Waals surface area contributed by atoms with Crippen molar-refractivity contribution in [1.29, 1.82) is 0 Å². The Kier molecular flexibility index (Phi) is 3.45. The predicted molar refractivity (Wildman–Crippen MR) is 80.8 cm³/mol. The monoisotopic (exact) mass is 270 g/mol. The number of fused-ring (bicyclic) bond motifs is 1. The lowest BCUT2D eigenvalue weighted by Gasteiger charge is -2.32. The molecule has 3 rings (SSSR count). The fourth-order valence-electron chi connectivity index (χ4n) is 2.90. The number of halogens is 1. The molecule has 2 nitrogen and oxygen atoms in total. The fourth-order valence-corrected chi connectivity index (χ4v) is 2.90. The molecule has 1 heterocycles. The van der Waals surface area contributed by atoms with Crippen molar-refractivity contribution < 1.29 is 4.39 Å². The van der Waals surface area contributed by atoms with Crippen LogP contribution in [0.15, 0.2) is 36.4 Å². The molecule has 2 aromatic rings. The van der Waals surface area contributed by atoms with Gasteiger partial charge in [-0.25, -0.2) is 4.39 Å². The standard InChI is InChI=1S/C17H19FN2/c1-12-4-5-17-14(7-12)3-2-6-20(17)16-9-13(11-19)8-15(18)10-16/h4-5,7-10H,2-3,6,11,19H2,1H3. The molecule has 0 spiro atoms. The van der Waals surface area contributed by atoms with Gasteiger partial charge in [-0.3, -0.25) is 0 Å². The first-order valence-corrected chi connectivity index (χ1v) is 7.04. The summed E-state index contributed by atoms with van der Waals surface area (Å²) in [5, 5.41) is 0. The van der Waals surface area contributed by atoms with E-state index in [-0.39, 0.29) is 5.82 Å². The largest absolute Gasteiger partial charge is 0.341 e. The summed E-state index contributed by atoms with van der Waals surface area (Å²) in [4.78, 5) is 2.19. The van der Waals surface area contributed by atoms with Crippen molar-refractivity contribution in [3.8, 4) is 0 Å². The smallest absolute Gasteiger partial charge is 0.125 e. The van der Waals surface area contributed by atoms with Crippen LogP contribution >= 0.6 is 0 Å². The van der Waals surface area contributed by atoms with Crippen LogP contribution in [0.5, 0.6) is 0 Å². The zero-order valence-corrected chi connectivity index (χ0v) is 11.7. The highest BCUT2D eigenvalue weighted by atomic mass is 19.1. The average Bonchev–Trinajstić information content (AvgIpc) is 2.45. The van der Waals surface area contributed by atoms with Crippen LogP contribution in [0.1, 0.15) is 23.1 Å². The third-order valence-corrected chi connectivity index (χ3v) is 3.84. The first-order chi connectivity index (χ1) is 9.67. The molecule has 3 heteroatoms. The van der Waals surface area contributed by atoms with Crippen LogP contribution in [-0.2, 0) is 13.0 Å². The van der Waals surface area contributed by atoms with Gasteiger partial charge in [0.15, 0.2) is 0 Å². The van der Waals surface area contributed by atoms with Crippen LogP contribution in [0, 0.1) is 12.7 Å². The molecule has 0 saturated carbocycles. The number of rotatable bonds is 2. The molecule has 0 amide bonds. The number of anilines is 2. The van der Waals surface area contributed by atoms with Gasteiger partial charge in [-0.15, -0.1) is 0 Å². The van der Waals surface area contributed by atoms with Crippen molar-refractivity contribution in [3.05, 3.63) is 58.9 Å². The molecule has 0 bridgehead atoms. The Bertz CT molecular complexity index is 637. The summed E-state index contributed by atoms with van der Waals surface area (Å²) >= 11 is 0. The van der Waals surface area contributed by atoms with Crippen molar-refractivity contribution in [3.63, 3.8) is 0 Å². The Morgan fingerprint density at radius 2 is 2.05 bits per heavy atom. The van der Waals surface area contributed by atoms with Crippen LogP contribution in [-0.4, -0.2) is 6.54 Å². The van der Waals surface area contributed by atoms with E-state index in [4.69, 9.17) is 5.73 Å². The molecule has 20 heavy (non-hydrogen) atoms. The number of benzene rings is 2. The minimum absolute atomic E-state index is 0.220. The normalized spacial score (nSPS) is 14.2. The molecule has 0 aliphatic carbocycles. The zero-order valence-electron chi connectivity index (χ0n) is 11.7. The molecule has 104 valence electrons. The van der Waals surface area contributed by atoms with Gasteiger partial charge in [0.1, 0.15) is 5.82 Å². The number of hydrogen-bond acceptors (Lipinski definition) is 2. The first kappa shape index (κ1) is 13.1. The van der Waals surface area contributed by atoms with Gasteiger partial charge in [-0.05, 0) is 55.2 Å². The van der Waals surface area contributed by atoms with E-state index in [0.29, 0.717) is 6.54 Å². The van der Waals surface area contributed by atoms with Crippen molar-refractivity contribution in [2.24, 2.45) is 5.73 Å². The Morgan fingerprint density at radius 1 is 1.20 bits per heavy atom. The SMILES string of the molecule is Cc1ccc2c(c1)CCCN2c1cc(F)cc(CN)c1. The Balaban J connectivity index is 2.06. The van der Waals surface area contributed by atoms with Crippen LogP contribution in [0.2, 0.25) is 0 Å². The van der Waals surface area contributed by atoms with Crippen molar-refractivity contribution in [2.75, 3.05) is 11.4 Å². The van der Waals surface area contributed by atoms with Crippen LogP contribution in [0.3, 0.4) is 0 Å². The van der Waals surface area contributed by atoms with E-state index in [2.05, 4.69) is 30.0 Å². The van der Waals surface area contributed by atoms with Crippen molar-refractivity contribution >= 4 is 11.4 Å². The predicted octanol–water partition coefficient (Wildman–Crippen LogP) is 3.68. The second-order valence-corrected chi connectivity index (χ2v) is 5.41. The molecular formula is C17H19FN2. The Hall–Kier alpha value is -1.87. The molecule has 2 N–H and O–H groups in total. The molecule has 0 unspecified atom stereocenters. The highest BCUT2D eigenvalue weighted by molar-refractivity contribution is 5.68. The summed E-state index contributed by atoms with van der Waals surface area (Å²) in [5.41, 5.74) is 11.2. The number of hydrogen-bond donors (Lipinski definition) is 1. The van der Waals surface area contributed by atoms with E-state index in [9.17, 15) is 4.39 Å². The Labute approximate surface area is 119 Å². The molecule has 0 atom stereocenters. The van der Waals surface area contributed by atoms with Gasteiger partial charge < -0.3 is 10.6 Å². The summed E-state index contributed by atoms with van der Waals surface area (Å²) < 4.78 is 13.7. The van der Waals surface area contributed by atoms with Crippen LogP contribution in [0.25, 0.3) is 0 Å². The highest BCUT2D eigenvalue weighted by Gasteiger charge is 2.19. The maximum atomic E-state index is 13.7. The third kappa shape index (κ3) is 2.41. The van der Waals surface area contributed by atoms with Crippen LogP contribution in [0.4, 0.5) is 15.8 Å². The van der Waals surface area contributed by atoms with E-state index in [0.717, 1.165) is 30.6 Å². The molecule has 0 aromatic heterocycles. The van der Waals surface area contributed by atoms with Gasteiger partial charge in [-0.2, -0.15) is 0 Å². The van der Waals surface area contributed by atoms with Crippen LogP contribution < -0.4 is 10.6 Å². The summed E-state index contributed by atoms with van der Waals surface area (Å²) in [5.74, 6) is -0.220. The topological polar surface area (TPSA) is 29.3 Å². The van der Waals surface area contributed by atoms with E-state index in [1.165, 1.54) is 22.9 Å². The van der Waals surface area contributed by atoms with E-state index in [1.807, 2.05) is 6.07 Å². The molecule has 1 aliphatic rings. The van der Waals surface area contributed by atoms with E-state index >= 15 is 0 Å². The fraction of sp³-hybridized carbons (Fsp3) is 0.294. The van der Waals surface area contributed by atoms with Gasteiger partial charge in [-0.1, -0.05) is 17.7 Å². The van der Waals surface area contributed by atoms with Gasteiger partial charge in [0.2, 0.25) is 0 Å². The maximum Gasteiger partial charge on any atom is 0.125 e. The van der Waals surface area contributed by atoms with Crippen molar-refractivity contribution in [1.82, 2.24) is 0 Å². The highest BCUT2D eigenvalue weighted by Crippen LogP contribution is 2.34. The molecule has 2 aromatic carbocycles. The lowest BCUT2D eigenvalue weighted by atomic mass is 9.98. The zero-order chi connectivity index (χ0) is 14.1. The minimum atomic E-state index is -0.220. The molecule has 0 radical (unpaired) electrons. The molecule has 0 fully saturated rings.